The molecule has 2 aromatic rings. The molecule has 0 radical (unpaired) electrons. The molecule has 0 saturated carbocycles. The quantitative estimate of drug-likeness (QED) is 0.916. The monoisotopic (exact) mass is 277 g/mol. The SMILES string of the molecule is CNc1nc(-c2ccc(F)c(F)c2)nc2c1COCC2. The number of hydrogen-bond acceptors (Lipinski definition) is 4. The van der Waals surface area contributed by atoms with Crippen LogP contribution in [0.3, 0.4) is 0 Å². The van der Waals surface area contributed by atoms with Gasteiger partial charge in [-0.15, -0.1) is 0 Å². The van der Waals surface area contributed by atoms with Gasteiger partial charge >= 0.3 is 0 Å². The molecule has 0 bridgehead atoms. The van der Waals surface area contributed by atoms with E-state index < -0.39 is 11.6 Å². The van der Waals surface area contributed by atoms with E-state index >= 15 is 0 Å². The molecule has 0 saturated heterocycles. The van der Waals surface area contributed by atoms with Crippen molar-refractivity contribution in [3.05, 3.63) is 41.1 Å². The van der Waals surface area contributed by atoms with Crippen LogP contribution in [0.2, 0.25) is 0 Å². The first-order valence-corrected chi connectivity index (χ1v) is 6.29. The van der Waals surface area contributed by atoms with Crippen LogP contribution < -0.4 is 5.32 Å². The van der Waals surface area contributed by atoms with Gasteiger partial charge in [-0.3, -0.25) is 0 Å². The maximum atomic E-state index is 13.3. The highest BCUT2D eigenvalue weighted by Gasteiger charge is 2.18. The highest BCUT2D eigenvalue weighted by atomic mass is 19.2. The molecule has 0 aliphatic carbocycles. The Hall–Kier alpha value is -2.08. The zero-order valence-electron chi connectivity index (χ0n) is 10.9. The number of hydrogen-bond donors (Lipinski definition) is 1. The fourth-order valence-corrected chi connectivity index (χ4v) is 2.20. The predicted molar refractivity (Wildman–Crippen MR) is 70.3 cm³/mol. The second-order valence-corrected chi connectivity index (χ2v) is 4.50. The Morgan fingerprint density at radius 2 is 2.05 bits per heavy atom. The molecule has 0 spiro atoms. The van der Waals surface area contributed by atoms with Crippen LogP contribution in [0.4, 0.5) is 14.6 Å². The summed E-state index contributed by atoms with van der Waals surface area (Å²) < 4.78 is 31.7. The highest BCUT2D eigenvalue weighted by molar-refractivity contribution is 5.60. The second kappa shape index (κ2) is 5.13. The van der Waals surface area contributed by atoms with Crippen molar-refractivity contribution < 1.29 is 13.5 Å². The molecule has 2 heterocycles. The first kappa shape index (κ1) is 12.9. The Kier molecular flexibility index (Phi) is 3.31. The summed E-state index contributed by atoms with van der Waals surface area (Å²) in [5.41, 5.74) is 2.26. The number of fused-ring (bicyclic) bond motifs is 1. The Labute approximate surface area is 114 Å². The Bertz CT molecular complexity index is 644. The average molecular weight is 277 g/mol. The van der Waals surface area contributed by atoms with Gasteiger partial charge in [-0.05, 0) is 18.2 Å². The molecule has 1 aromatic carbocycles. The predicted octanol–water partition coefficient (Wildman–Crippen LogP) is 2.54. The summed E-state index contributed by atoms with van der Waals surface area (Å²) in [6.45, 7) is 1.06. The molecule has 20 heavy (non-hydrogen) atoms. The Balaban J connectivity index is 2.11. The standard InChI is InChI=1S/C14H13F2N3O/c1-17-14-9-7-20-5-4-12(9)18-13(19-14)8-2-3-10(15)11(16)6-8/h2-3,6H,4-5,7H2,1H3,(H,17,18,19). The van der Waals surface area contributed by atoms with Crippen molar-refractivity contribution >= 4 is 5.82 Å². The molecule has 0 amide bonds. The van der Waals surface area contributed by atoms with Crippen LogP contribution in [-0.4, -0.2) is 23.6 Å². The summed E-state index contributed by atoms with van der Waals surface area (Å²) >= 11 is 0. The number of benzene rings is 1. The van der Waals surface area contributed by atoms with E-state index in [1.54, 1.807) is 7.05 Å². The molecule has 4 nitrogen and oxygen atoms in total. The van der Waals surface area contributed by atoms with Crippen LogP contribution in [0.25, 0.3) is 11.4 Å². The summed E-state index contributed by atoms with van der Waals surface area (Å²) in [5.74, 6) is -0.740. The van der Waals surface area contributed by atoms with E-state index in [4.69, 9.17) is 4.74 Å². The normalized spacial score (nSPS) is 13.9. The minimum absolute atomic E-state index is 0.383. The molecule has 0 atom stereocenters. The summed E-state index contributed by atoms with van der Waals surface area (Å²) in [6.07, 6.45) is 0.684. The maximum absolute atomic E-state index is 13.3. The number of aromatic nitrogens is 2. The Morgan fingerprint density at radius 1 is 1.20 bits per heavy atom. The number of nitrogens with zero attached hydrogens (tertiary/aromatic N) is 2. The van der Waals surface area contributed by atoms with Crippen molar-refractivity contribution in [3.8, 4) is 11.4 Å². The van der Waals surface area contributed by atoms with Gasteiger partial charge in [0.05, 0.1) is 18.9 Å². The number of nitrogens with one attached hydrogen (secondary N) is 1. The van der Waals surface area contributed by atoms with E-state index in [1.807, 2.05) is 0 Å². The molecule has 1 aliphatic rings. The van der Waals surface area contributed by atoms with Gasteiger partial charge in [0.15, 0.2) is 17.5 Å². The van der Waals surface area contributed by atoms with Crippen molar-refractivity contribution in [1.29, 1.82) is 0 Å². The fourth-order valence-electron chi connectivity index (χ4n) is 2.20. The van der Waals surface area contributed by atoms with Crippen molar-refractivity contribution in [1.82, 2.24) is 9.97 Å². The molecule has 3 rings (SSSR count). The van der Waals surface area contributed by atoms with Crippen molar-refractivity contribution in [2.75, 3.05) is 19.0 Å². The average Bonchev–Trinajstić information content (AvgIpc) is 2.49. The number of halogens is 2. The van der Waals surface area contributed by atoms with Gasteiger partial charge < -0.3 is 10.1 Å². The van der Waals surface area contributed by atoms with Gasteiger partial charge in [-0.1, -0.05) is 0 Å². The summed E-state index contributed by atoms with van der Waals surface area (Å²) in [5, 5.41) is 2.99. The highest BCUT2D eigenvalue weighted by Crippen LogP contribution is 2.26. The second-order valence-electron chi connectivity index (χ2n) is 4.50. The molecule has 0 fully saturated rings. The van der Waals surface area contributed by atoms with E-state index in [0.29, 0.717) is 36.8 Å². The van der Waals surface area contributed by atoms with Gasteiger partial charge in [-0.2, -0.15) is 0 Å². The first-order chi connectivity index (χ1) is 9.69. The first-order valence-electron chi connectivity index (χ1n) is 6.29. The van der Waals surface area contributed by atoms with Gasteiger partial charge in [-0.25, -0.2) is 18.7 Å². The maximum Gasteiger partial charge on any atom is 0.161 e. The number of anilines is 1. The van der Waals surface area contributed by atoms with Crippen LogP contribution in [0.1, 0.15) is 11.3 Å². The van der Waals surface area contributed by atoms with Crippen molar-refractivity contribution in [3.63, 3.8) is 0 Å². The zero-order valence-corrected chi connectivity index (χ0v) is 10.9. The van der Waals surface area contributed by atoms with E-state index in [0.717, 1.165) is 23.4 Å². The molecule has 0 unspecified atom stereocenters. The lowest BCUT2D eigenvalue weighted by molar-refractivity contribution is 0.109. The smallest absolute Gasteiger partial charge is 0.161 e. The van der Waals surface area contributed by atoms with Gasteiger partial charge in [0, 0.05) is 24.6 Å². The minimum Gasteiger partial charge on any atom is -0.376 e. The van der Waals surface area contributed by atoms with Crippen LogP contribution in [0.15, 0.2) is 18.2 Å². The summed E-state index contributed by atoms with van der Waals surface area (Å²) in [4.78, 5) is 8.80. The third-order valence-electron chi connectivity index (χ3n) is 3.24. The van der Waals surface area contributed by atoms with Crippen LogP contribution in [-0.2, 0) is 17.8 Å². The van der Waals surface area contributed by atoms with Crippen LogP contribution in [0.5, 0.6) is 0 Å². The lowest BCUT2D eigenvalue weighted by Crippen LogP contribution is -2.16. The summed E-state index contributed by atoms with van der Waals surface area (Å²) in [6, 6.07) is 3.66. The molecular formula is C14H13F2N3O. The fraction of sp³-hybridized carbons (Fsp3) is 0.286. The minimum atomic E-state index is -0.904. The lowest BCUT2D eigenvalue weighted by atomic mass is 10.1. The largest absolute Gasteiger partial charge is 0.376 e. The third-order valence-corrected chi connectivity index (χ3v) is 3.24. The molecule has 6 heteroatoms. The number of ether oxygens (including phenoxy) is 1. The van der Waals surface area contributed by atoms with Crippen LogP contribution in [0, 0.1) is 11.6 Å². The summed E-state index contributed by atoms with van der Waals surface area (Å²) in [7, 11) is 1.76. The van der Waals surface area contributed by atoms with E-state index in [1.165, 1.54) is 6.07 Å². The molecule has 104 valence electrons. The van der Waals surface area contributed by atoms with Gasteiger partial charge in [0.25, 0.3) is 0 Å². The van der Waals surface area contributed by atoms with Crippen LogP contribution >= 0.6 is 0 Å². The lowest BCUT2D eigenvalue weighted by Gasteiger charge is -2.19. The molecule has 1 aromatic heterocycles. The van der Waals surface area contributed by atoms with Crippen molar-refractivity contribution in [2.24, 2.45) is 0 Å². The van der Waals surface area contributed by atoms with E-state index in [2.05, 4.69) is 15.3 Å². The number of rotatable bonds is 2. The molecule has 1 N–H and O–H groups in total. The topological polar surface area (TPSA) is 47.0 Å². The molecule has 1 aliphatic heterocycles. The van der Waals surface area contributed by atoms with E-state index in [-0.39, 0.29) is 0 Å². The molecular weight excluding hydrogens is 264 g/mol. The van der Waals surface area contributed by atoms with Gasteiger partial charge in [0.1, 0.15) is 5.82 Å². The van der Waals surface area contributed by atoms with E-state index in [9.17, 15) is 8.78 Å². The third kappa shape index (κ3) is 2.22. The Morgan fingerprint density at radius 3 is 2.80 bits per heavy atom. The van der Waals surface area contributed by atoms with Gasteiger partial charge in [0.2, 0.25) is 0 Å². The zero-order chi connectivity index (χ0) is 14.1. The van der Waals surface area contributed by atoms with Crippen molar-refractivity contribution in [2.45, 2.75) is 13.0 Å².